The lowest BCUT2D eigenvalue weighted by Crippen LogP contribution is -2.25. The predicted molar refractivity (Wildman–Crippen MR) is 37.3 cm³/mol. The molecule has 0 aliphatic carbocycles. The molecule has 1 heterocycles. The second-order valence-corrected chi connectivity index (χ2v) is 2.18. The van der Waals surface area contributed by atoms with Crippen LogP contribution in [0, 0.1) is 0 Å². The molecule has 1 aliphatic rings. The van der Waals surface area contributed by atoms with Crippen LogP contribution in [0.2, 0.25) is 0 Å². The van der Waals surface area contributed by atoms with Crippen LogP contribution in [0.25, 0.3) is 0 Å². The number of ether oxygens (including phenoxy) is 1. The molecule has 0 aromatic carbocycles. The van der Waals surface area contributed by atoms with Gasteiger partial charge in [-0.3, -0.25) is 0 Å². The van der Waals surface area contributed by atoms with E-state index in [1.807, 2.05) is 19.1 Å². The Hall–Kier alpha value is -0.800. The van der Waals surface area contributed by atoms with Crippen LogP contribution in [0.5, 0.6) is 0 Å². The maximum absolute atomic E-state index is 8.49. The van der Waals surface area contributed by atoms with Gasteiger partial charge in [0, 0.05) is 0 Å². The second kappa shape index (κ2) is 3.39. The van der Waals surface area contributed by atoms with E-state index in [0.29, 0.717) is 0 Å². The first kappa shape index (κ1) is 7.31. The van der Waals surface area contributed by atoms with E-state index in [2.05, 4.69) is 5.48 Å². The highest BCUT2D eigenvalue weighted by atomic mass is 16.5. The first-order chi connectivity index (χ1) is 4.84. The van der Waals surface area contributed by atoms with Gasteiger partial charge in [-0.25, -0.2) is 0 Å². The number of nitrogens with one attached hydrogen (secondary N) is 1. The van der Waals surface area contributed by atoms with Crippen molar-refractivity contribution in [1.29, 1.82) is 0 Å². The highest BCUT2D eigenvalue weighted by molar-refractivity contribution is 5.08. The van der Waals surface area contributed by atoms with Crippen LogP contribution >= 0.6 is 0 Å². The number of allylic oxidation sites excluding steroid dienone is 2. The fourth-order valence-corrected chi connectivity index (χ4v) is 0.757. The number of rotatable bonds is 2. The van der Waals surface area contributed by atoms with Crippen molar-refractivity contribution in [3.63, 3.8) is 0 Å². The summed E-state index contributed by atoms with van der Waals surface area (Å²) in [7, 11) is 0. The lowest BCUT2D eigenvalue weighted by Gasteiger charge is -2.14. The van der Waals surface area contributed by atoms with Gasteiger partial charge in [-0.2, -0.15) is 5.48 Å². The van der Waals surface area contributed by atoms with E-state index in [9.17, 15) is 0 Å². The summed E-state index contributed by atoms with van der Waals surface area (Å²) in [5, 5.41) is 8.49. The van der Waals surface area contributed by atoms with E-state index in [-0.39, 0.29) is 6.04 Å². The van der Waals surface area contributed by atoms with Crippen LogP contribution < -0.4 is 5.48 Å². The Balaban J connectivity index is 2.47. The zero-order valence-corrected chi connectivity index (χ0v) is 5.87. The quantitative estimate of drug-likeness (QED) is 0.567. The fraction of sp³-hybridized carbons (Fsp3) is 0.429. The van der Waals surface area contributed by atoms with Crippen LogP contribution in [0.4, 0.5) is 0 Å². The Bertz CT molecular complexity index is 163. The van der Waals surface area contributed by atoms with Crippen LogP contribution in [-0.4, -0.2) is 11.2 Å². The van der Waals surface area contributed by atoms with Gasteiger partial charge >= 0.3 is 0 Å². The van der Waals surface area contributed by atoms with Crippen molar-refractivity contribution in [3.05, 3.63) is 24.2 Å². The molecular formula is C7H11NO2. The van der Waals surface area contributed by atoms with E-state index in [0.717, 1.165) is 12.2 Å². The summed E-state index contributed by atoms with van der Waals surface area (Å²) in [5.41, 5.74) is 2.11. The zero-order valence-electron chi connectivity index (χ0n) is 5.87. The first-order valence-corrected chi connectivity index (χ1v) is 3.26. The summed E-state index contributed by atoms with van der Waals surface area (Å²) in [6, 6.07) is -0.120. The smallest absolute Gasteiger partial charge is 0.118 e. The summed E-state index contributed by atoms with van der Waals surface area (Å²) >= 11 is 0. The Labute approximate surface area is 60.0 Å². The molecular weight excluding hydrogens is 130 g/mol. The van der Waals surface area contributed by atoms with Gasteiger partial charge in [-0.05, 0) is 25.5 Å². The molecule has 3 nitrogen and oxygen atoms in total. The second-order valence-electron chi connectivity index (χ2n) is 2.18. The summed E-state index contributed by atoms with van der Waals surface area (Å²) < 4.78 is 5.09. The molecule has 1 aliphatic heterocycles. The largest absolute Gasteiger partial charge is 0.468 e. The van der Waals surface area contributed by atoms with Crippen LogP contribution in [-0.2, 0) is 4.74 Å². The molecule has 0 spiro atoms. The van der Waals surface area contributed by atoms with Crippen LogP contribution in [0.3, 0.4) is 0 Å². The zero-order chi connectivity index (χ0) is 7.40. The molecule has 0 saturated carbocycles. The van der Waals surface area contributed by atoms with Crippen molar-refractivity contribution in [1.82, 2.24) is 5.48 Å². The van der Waals surface area contributed by atoms with Gasteiger partial charge in [0.05, 0.1) is 12.3 Å². The monoisotopic (exact) mass is 141 g/mol. The standard InChI is InChI=1S/C7H11NO2/c1-6(8-9)7-4-2-3-5-10-7/h3-6,8-9H,2H2,1H3. The van der Waals surface area contributed by atoms with Crippen LogP contribution in [0.15, 0.2) is 24.2 Å². The van der Waals surface area contributed by atoms with Crippen molar-refractivity contribution in [2.75, 3.05) is 0 Å². The Kier molecular flexibility index (Phi) is 2.48. The summed E-state index contributed by atoms with van der Waals surface area (Å²) in [6.45, 7) is 1.82. The third-order valence-corrected chi connectivity index (χ3v) is 1.38. The van der Waals surface area contributed by atoms with E-state index in [1.165, 1.54) is 0 Å². The molecule has 56 valence electrons. The van der Waals surface area contributed by atoms with Gasteiger partial charge in [-0.1, -0.05) is 0 Å². The Morgan fingerprint density at radius 3 is 3.10 bits per heavy atom. The normalized spacial score (nSPS) is 19.6. The van der Waals surface area contributed by atoms with E-state index in [1.54, 1.807) is 6.26 Å². The average molecular weight is 141 g/mol. The highest BCUT2D eigenvalue weighted by Crippen LogP contribution is 2.10. The lowest BCUT2D eigenvalue weighted by atomic mass is 10.2. The molecule has 0 saturated heterocycles. The van der Waals surface area contributed by atoms with Crippen LogP contribution in [0.1, 0.15) is 13.3 Å². The van der Waals surface area contributed by atoms with Crippen molar-refractivity contribution in [3.8, 4) is 0 Å². The lowest BCUT2D eigenvalue weighted by molar-refractivity contribution is 0.122. The molecule has 0 aromatic rings. The van der Waals surface area contributed by atoms with E-state index in [4.69, 9.17) is 9.94 Å². The Morgan fingerprint density at radius 1 is 1.80 bits per heavy atom. The van der Waals surface area contributed by atoms with Crippen molar-refractivity contribution in [2.45, 2.75) is 19.4 Å². The average Bonchev–Trinajstić information content (AvgIpc) is 2.05. The number of hydrogen-bond donors (Lipinski definition) is 2. The van der Waals surface area contributed by atoms with Gasteiger partial charge in [0.25, 0.3) is 0 Å². The summed E-state index contributed by atoms with van der Waals surface area (Å²) in [5.74, 6) is 0.769. The predicted octanol–water partition coefficient (Wildman–Crippen LogP) is 1.17. The molecule has 0 fully saturated rings. The van der Waals surface area contributed by atoms with Gasteiger partial charge in [0.1, 0.15) is 5.76 Å². The minimum absolute atomic E-state index is 0.120. The molecule has 0 bridgehead atoms. The van der Waals surface area contributed by atoms with E-state index < -0.39 is 0 Å². The molecule has 2 N–H and O–H groups in total. The van der Waals surface area contributed by atoms with Crippen molar-refractivity contribution in [2.24, 2.45) is 0 Å². The molecule has 0 amide bonds. The first-order valence-electron chi connectivity index (χ1n) is 3.26. The van der Waals surface area contributed by atoms with E-state index >= 15 is 0 Å². The molecule has 1 rings (SSSR count). The molecule has 10 heavy (non-hydrogen) atoms. The van der Waals surface area contributed by atoms with Crippen molar-refractivity contribution >= 4 is 0 Å². The maximum atomic E-state index is 8.49. The van der Waals surface area contributed by atoms with Crippen molar-refractivity contribution < 1.29 is 9.94 Å². The highest BCUT2D eigenvalue weighted by Gasteiger charge is 2.08. The third kappa shape index (κ3) is 1.59. The molecule has 0 aromatic heterocycles. The number of hydrogen-bond acceptors (Lipinski definition) is 3. The molecule has 3 heteroatoms. The third-order valence-electron chi connectivity index (χ3n) is 1.38. The molecule has 0 radical (unpaired) electrons. The van der Waals surface area contributed by atoms with Gasteiger partial charge < -0.3 is 9.94 Å². The summed E-state index contributed by atoms with van der Waals surface area (Å²) in [4.78, 5) is 0. The minimum Gasteiger partial charge on any atom is -0.468 e. The number of hydroxylamine groups is 1. The molecule has 1 atom stereocenters. The fourth-order valence-electron chi connectivity index (χ4n) is 0.757. The van der Waals surface area contributed by atoms with Gasteiger partial charge in [-0.15, -0.1) is 0 Å². The SMILES string of the molecule is CC(NO)C1=CCC=CO1. The Morgan fingerprint density at radius 2 is 2.60 bits per heavy atom. The van der Waals surface area contributed by atoms with Gasteiger partial charge in [0.2, 0.25) is 0 Å². The maximum Gasteiger partial charge on any atom is 0.118 e. The van der Waals surface area contributed by atoms with Gasteiger partial charge in [0.15, 0.2) is 0 Å². The molecule has 1 unspecified atom stereocenters. The topological polar surface area (TPSA) is 41.5 Å². The minimum atomic E-state index is -0.120. The summed E-state index contributed by atoms with van der Waals surface area (Å²) in [6.07, 6.45) is 6.34.